The lowest BCUT2D eigenvalue weighted by Gasteiger charge is -2.24. The molecule has 0 aliphatic carbocycles. The Kier molecular flexibility index (Phi) is 6.17. The summed E-state index contributed by atoms with van der Waals surface area (Å²) in [6.45, 7) is 1.86. The highest BCUT2D eigenvalue weighted by atomic mass is 127. The number of nitrogens with zero attached hydrogens (tertiary/aromatic N) is 1. The number of amides is 1. The van der Waals surface area contributed by atoms with E-state index in [1.807, 2.05) is 18.0 Å². The maximum Gasteiger partial charge on any atom is 0.255 e. The molecule has 1 saturated heterocycles. The third-order valence-electron chi connectivity index (χ3n) is 3.06. The Morgan fingerprint density at radius 1 is 1.56 bits per heavy atom. The van der Waals surface area contributed by atoms with Crippen LogP contribution in [0.5, 0.6) is 0 Å². The van der Waals surface area contributed by atoms with E-state index in [1.165, 1.54) is 0 Å². The summed E-state index contributed by atoms with van der Waals surface area (Å²) in [6, 6.07) is 5.70. The number of carbonyl (C=O) groups excluding carboxylic acids is 1. The third kappa shape index (κ3) is 3.50. The minimum Gasteiger partial charge on any atom is -0.337 e. The Labute approximate surface area is 132 Å². The molecule has 1 heterocycles. The predicted molar refractivity (Wildman–Crippen MR) is 84.8 cm³/mol. The summed E-state index contributed by atoms with van der Waals surface area (Å²) >= 11 is 8.11. The van der Waals surface area contributed by atoms with Crippen LogP contribution in [-0.4, -0.2) is 37.0 Å². The highest BCUT2D eigenvalue weighted by Gasteiger charge is 2.25. The van der Waals surface area contributed by atoms with Gasteiger partial charge in [0.05, 0.1) is 5.56 Å². The third-order valence-corrected chi connectivity index (χ3v) is 4.24. The number of hydrogen-bond donors (Lipinski definition) is 1. The molecule has 1 N–H and O–H groups in total. The fourth-order valence-corrected chi connectivity index (χ4v) is 2.73. The normalized spacial score (nSPS) is 18.3. The van der Waals surface area contributed by atoms with Crippen LogP contribution >= 0.6 is 46.6 Å². The molecule has 1 unspecified atom stereocenters. The minimum absolute atomic E-state index is 0. The Bertz CT molecular complexity index is 436. The highest BCUT2D eigenvalue weighted by molar-refractivity contribution is 14.1. The first kappa shape index (κ1) is 16.0. The van der Waals surface area contributed by atoms with Gasteiger partial charge in [0.15, 0.2) is 0 Å². The Hall–Kier alpha value is -0.0400. The molecule has 0 radical (unpaired) electrons. The van der Waals surface area contributed by atoms with Gasteiger partial charge < -0.3 is 10.2 Å². The molecule has 1 aromatic rings. The average Bonchev–Trinajstić information content (AvgIpc) is 2.84. The minimum atomic E-state index is 0. The lowest BCUT2D eigenvalue weighted by Crippen LogP contribution is -2.38. The van der Waals surface area contributed by atoms with E-state index in [9.17, 15) is 4.79 Å². The first-order chi connectivity index (χ1) is 8.09. The van der Waals surface area contributed by atoms with Gasteiger partial charge in [0.1, 0.15) is 0 Å². The molecule has 1 fully saturated rings. The van der Waals surface area contributed by atoms with E-state index < -0.39 is 0 Å². The van der Waals surface area contributed by atoms with Crippen LogP contribution < -0.4 is 5.32 Å². The van der Waals surface area contributed by atoms with Crippen molar-refractivity contribution in [2.75, 3.05) is 20.1 Å². The maximum atomic E-state index is 12.3. The second-order valence-corrected chi connectivity index (χ2v) is 5.79. The number of benzene rings is 1. The largest absolute Gasteiger partial charge is 0.337 e. The zero-order valence-electron chi connectivity index (χ0n) is 9.95. The van der Waals surface area contributed by atoms with E-state index in [0.29, 0.717) is 10.6 Å². The molecule has 1 aromatic carbocycles. The quantitative estimate of drug-likeness (QED) is 0.774. The molecule has 1 aliphatic rings. The van der Waals surface area contributed by atoms with Crippen molar-refractivity contribution in [2.45, 2.75) is 12.5 Å². The molecule has 18 heavy (non-hydrogen) atoms. The second kappa shape index (κ2) is 6.93. The van der Waals surface area contributed by atoms with E-state index >= 15 is 0 Å². The molecular formula is C12H15Cl2IN2O. The topological polar surface area (TPSA) is 32.3 Å². The van der Waals surface area contributed by atoms with Gasteiger partial charge in [-0.2, -0.15) is 0 Å². The Morgan fingerprint density at radius 2 is 2.28 bits per heavy atom. The average molecular weight is 401 g/mol. The van der Waals surface area contributed by atoms with Crippen LogP contribution in [0.1, 0.15) is 16.8 Å². The molecule has 100 valence electrons. The lowest BCUT2D eigenvalue weighted by atomic mass is 10.1. The molecule has 1 aliphatic heterocycles. The van der Waals surface area contributed by atoms with E-state index in [-0.39, 0.29) is 24.4 Å². The van der Waals surface area contributed by atoms with Crippen LogP contribution in [0.2, 0.25) is 5.02 Å². The van der Waals surface area contributed by atoms with Gasteiger partial charge in [-0.15, -0.1) is 12.4 Å². The summed E-state index contributed by atoms with van der Waals surface area (Å²) in [6.07, 6.45) is 1.01. The highest BCUT2D eigenvalue weighted by Crippen LogP contribution is 2.20. The van der Waals surface area contributed by atoms with E-state index in [0.717, 1.165) is 23.1 Å². The SMILES string of the molecule is CN(C(=O)c1cc(Cl)ccc1I)C1CCNC1.Cl. The smallest absolute Gasteiger partial charge is 0.255 e. The van der Waals surface area contributed by atoms with Gasteiger partial charge in [-0.05, 0) is 53.8 Å². The number of nitrogens with one attached hydrogen (secondary N) is 1. The van der Waals surface area contributed by atoms with E-state index in [4.69, 9.17) is 11.6 Å². The molecule has 3 nitrogen and oxygen atoms in total. The lowest BCUT2D eigenvalue weighted by molar-refractivity contribution is 0.0742. The molecular weight excluding hydrogens is 386 g/mol. The van der Waals surface area contributed by atoms with Gasteiger partial charge in [0, 0.05) is 28.2 Å². The summed E-state index contributed by atoms with van der Waals surface area (Å²) in [5, 5.41) is 3.87. The molecule has 1 atom stereocenters. The molecule has 0 bridgehead atoms. The van der Waals surface area contributed by atoms with Gasteiger partial charge in [-0.1, -0.05) is 11.6 Å². The van der Waals surface area contributed by atoms with Gasteiger partial charge in [-0.3, -0.25) is 4.79 Å². The molecule has 6 heteroatoms. The van der Waals surface area contributed by atoms with Crippen LogP contribution in [0.25, 0.3) is 0 Å². The fourth-order valence-electron chi connectivity index (χ4n) is 1.99. The van der Waals surface area contributed by atoms with E-state index in [2.05, 4.69) is 27.9 Å². The van der Waals surface area contributed by atoms with Crippen molar-refractivity contribution < 1.29 is 4.79 Å². The number of carbonyl (C=O) groups is 1. The molecule has 2 rings (SSSR count). The predicted octanol–water partition coefficient (Wildman–Crippen LogP) is 2.80. The van der Waals surface area contributed by atoms with Gasteiger partial charge >= 0.3 is 0 Å². The standard InChI is InChI=1S/C12H14ClIN2O.ClH/c1-16(9-4-5-15-7-9)12(17)10-6-8(13)2-3-11(10)14;/h2-3,6,9,15H,4-5,7H2,1H3;1H. The molecule has 0 saturated carbocycles. The van der Waals surface area contributed by atoms with Crippen molar-refractivity contribution in [3.05, 3.63) is 32.4 Å². The zero-order chi connectivity index (χ0) is 12.4. The number of rotatable bonds is 2. The van der Waals surface area contributed by atoms with Crippen LogP contribution in [0, 0.1) is 3.57 Å². The van der Waals surface area contributed by atoms with Crippen LogP contribution in [-0.2, 0) is 0 Å². The number of halogens is 3. The zero-order valence-corrected chi connectivity index (χ0v) is 13.7. The molecule has 0 spiro atoms. The van der Waals surface area contributed by atoms with Crippen molar-refractivity contribution in [1.29, 1.82) is 0 Å². The fraction of sp³-hybridized carbons (Fsp3) is 0.417. The second-order valence-electron chi connectivity index (χ2n) is 4.19. The van der Waals surface area contributed by atoms with Crippen LogP contribution in [0.15, 0.2) is 18.2 Å². The van der Waals surface area contributed by atoms with Gasteiger partial charge in [0.2, 0.25) is 0 Å². The van der Waals surface area contributed by atoms with Crippen molar-refractivity contribution in [3.8, 4) is 0 Å². The summed E-state index contributed by atoms with van der Waals surface area (Å²) < 4.78 is 0.940. The van der Waals surface area contributed by atoms with E-state index in [1.54, 1.807) is 12.1 Å². The number of likely N-dealkylation sites (N-methyl/N-ethyl adjacent to an activating group) is 1. The van der Waals surface area contributed by atoms with Crippen molar-refractivity contribution in [1.82, 2.24) is 10.2 Å². The Morgan fingerprint density at radius 3 is 2.89 bits per heavy atom. The van der Waals surface area contributed by atoms with Crippen molar-refractivity contribution >= 4 is 52.5 Å². The van der Waals surface area contributed by atoms with Crippen molar-refractivity contribution in [3.63, 3.8) is 0 Å². The Balaban J connectivity index is 0.00000162. The van der Waals surface area contributed by atoms with Gasteiger partial charge in [0.25, 0.3) is 5.91 Å². The van der Waals surface area contributed by atoms with Crippen LogP contribution in [0.4, 0.5) is 0 Å². The van der Waals surface area contributed by atoms with Crippen molar-refractivity contribution in [2.24, 2.45) is 0 Å². The first-order valence-corrected chi connectivity index (χ1v) is 6.98. The first-order valence-electron chi connectivity index (χ1n) is 5.52. The number of hydrogen-bond acceptors (Lipinski definition) is 2. The summed E-state index contributed by atoms with van der Waals surface area (Å²) in [7, 11) is 1.86. The maximum absolute atomic E-state index is 12.3. The monoisotopic (exact) mass is 400 g/mol. The summed E-state index contributed by atoms with van der Waals surface area (Å²) in [4.78, 5) is 14.2. The summed E-state index contributed by atoms with van der Waals surface area (Å²) in [5.74, 6) is 0.0469. The van der Waals surface area contributed by atoms with Crippen LogP contribution in [0.3, 0.4) is 0 Å². The molecule has 1 amide bonds. The van der Waals surface area contributed by atoms with Gasteiger partial charge in [-0.25, -0.2) is 0 Å². The summed E-state index contributed by atoms with van der Waals surface area (Å²) in [5.41, 5.74) is 0.688. The molecule has 0 aromatic heterocycles.